The molecule has 1 heterocycles. The van der Waals surface area contributed by atoms with Gasteiger partial charge in [-0.25, -0.2) is 0 Å². The van der Waals surface area contributed by atoms with Crippen LogP contribution < -0.4 is 19.5 Å². The van der Waals surface area contributed by atoms with Crippen molar-refractivity contribution in [3.63, 3.8) is 0 Å². The molecule has 0 saturated heterocycles. The van der Waals surface area contributed by atoms with Crippen LogP contribution in [0.2, 0.25) is 0 Å². The lowest BCUT2D eigenvalue weighted by Gasteiger charge is -2.11. The summed E-state index contributed by atoms with van der Waals surface area (Å²) in [5.41, 5.74) is 0.622. The van der Waals surface area contributed by atoms with E-state index >= 15 is 0 Å². The molecule has 3 aromatic rings. The molecular formula is C22H24N4O4S. The van der Waals surface area contributed by atoms with Gasteiger partial charge in [0, 0.05) is 6.54 Å². The molecule has 0 spiro atoms. The van der Waals surface area contributed by atoms with E-state index in [0.29, 0.717) is 34.7 Å². The van der Waals surface area contributed by atoms with Gasteiger partial charge in [-0.05, 0) is 36.4 Å². The fraction of sp³-hybridized carbons (Fsp3) is 0.227. The van der Waals surface area contributed by atoms with Crippen LogP contribution in [0.5, 0.6) is 17.2 Å². The van der Waals surface area contributed by atoms with E-state index in [1.54, 1.807) is 32.4 Å². The number of rotatable bonds is 11. The zero-order chi connectivity index (χ0) is 22.1. The van der Waals surface area contributed by atoms with Crippen molar-refractivity contribution in [1.82, 2.24) is 14.8 Å². The van der Waals surface area contributed by atoms with Crippen LogP contribution in [-0.2, 0) is 17.9 Å². The molecule has 0 saturated carbocycles. The van der Waals surface area contributed by atoms with Crippen molar-refractivity contribution in [1.29, 1.82) is 0 Å². The number of nitrogens with one attached hydrogen (secondary N) is 1. The molecule has 2 aromatic carbocycles. The minimum atomic E-state index is -0.168. The van der Waals surface area contributed by atoms with Crippen molar-refractivity contribution in [2.24, 2.45) is 0 Å². The van der Waals surface area contributed by atoms with Crippen LogP contribution in [0, 0.1) is 0 Å². The predicted octanol–water partition coefficient (Wildman–Crippen LogP) is 3.79. The normalized spacial score (nSPS) is 10.4. The summed E-state index contributed by atoms with van der Waals surface area (Å²) in [6.07, 6.45) is 1.75. The summed E-state index contributed by atoms with van der Waals surface area (Å²) < 4.78 is 18.1. The zero-order valence-corrected chi connectivity index (χ0v) is 18.2. The average molecular weight is 441 g/mol. The summed E-state index contributed by atoms with van der Waals surface area (Å²) in [5.74, 6) is 2.70. The molecule has 0 radical (unpaired) electrons. The second kappa shape index (κ2) is 11.1. The van der Waals surface area contributed by atoms with Crippen LogP contribution >= 0.6 is 11.8 Å². The van der Waals surface area contributed by atoms with Crippen LogP contribution in [0.3, 0.4) is 0 Å². The van der Waals surface area contributed by atoms with E-state index in [1.165, 1.54) is 11.8 Å². The van der Waals surface area contributed by atoms with Crippen molar-refractivity contribution in [3.8, 4) is 17.2 Å². The van der Waals surface area contributed by atoms with Gasteiger partial charge >= 0.3 is 0 Å². The van der Waals surface area contributed by atoms with Gasteiger partial charge in [0.2, 0.25) is 5.91 Å². The zero-order valence-electron chi connectivity index (χ0n) is 17.4. The minimum absolute atomic E-state index is 0.168. The van der Waals surface area contributed by atoms with E-state index in [4.69, 9.17) is 14.2 Å². The van der Waals surface area contributed by atoms with Crippen molar-refractivity contribution in [2.45, 2.75) is 18.3 Å². The largest absolute Gasteiger partial charge is 0.497 e. The first-order chi connectivity index (χ1) is 15.1. The molecule has 0 unspecified atom stereocenters. The highest BCUT2D eigenvalue weighted by molar-refractivity contribution is 7.99. The third kappa shape index (κ3) is 6.02. The Kier molecular flexibility index (Phi) is 7.94. The number of anilines is 1. The van der Waals surface area contributed by atoms with Crippen LogP contribution in [0.15, 0.2) is 66.3 Å². The summed E-state index contributed by atoms with van der Waals surface area (Å²) in [5, 5.41) is 11.9. The van der Waals surface area contributed by atoms with Crippen LogP contribution in [0.1, 0.15) is 5.82 Å². The first-order valence-electron chi connectivity index (χ1n) is 9.50. The number of nitrogens with zero attached hydrogens (tertiary/aromatic N) is 3. The average Bonchev–Trinajstić information content (AvgIpc) is 3.18. The molecule has 0 bridgehead atoms. The van der Waals surface area contributed by atoms with E-state index in [0.717, 1.165) is 5.75 Å². The summed E-state index contributed by atoms with van der Waals surface area (Å²) in [4.78, 5) is 12.4. The van der Waals surface area contributed by atoms with Gasteiger partial charge in [0.05, 0.1) is 25.7 Å². The molecule has 8 nitrogen and oxygen atoms in total. The minimum Gasteiger partial charge on any atom is -0.497 e. The monoisotopic (exact) mass is 440 g/mol. The smallest absolute Gasteiger partial charge is 0.234 e. The maximum absolute atomic E-state index is 12.4. The second-order valence-corrected chi connectivity index (χ2v) is 7.24. The van der Waals surface area contributed by atoms with Crippen LogP contribution in [0.25, 0.3) is 0 Å². The quantitative estimate of drug-likeness (QED) is 0.358. The van der Waals surface area contributed by atoms with Crippen LogP contribution in [-0.4, -0.2) is 40.6 Å². The Balaban J connectivity index is 1.61. The lowest BCUT2D eigenvalue weighted by molar-refractivity contribution is -0.113. The number of carbonyl (C=O) groups is 1. The lowest BCUT2D eigenvalue weighted by Crippen LogP contribution is -2.15. The molecule has 0 fully saturated rings. The number of allylic oxidation sites excluding steroid dienone is 1. The Morgan fingerprint density at radius 1 is 1.10 bits per heavy atom. The number of ether oxygens (including phenoxy) is 3. The van der Waals surface area contributed by atoms with Gasteiger partial charge in [-0.15, -0.1) is 16.8 Å². The van der Waals surface area contributed by atoms with Gasteiger partial charge in [0.25, 0.3) is 0 Å². The molecule has 0 aliphatic heterocycles. The van der Waals surface area contributed by atoms with Crippen molar-refractivity contribution in [3.05, 3.63) is 67.0 Å². The highest BCUT2D eigenvalue weighted by Gasteiger charge is 2.15. The number of thioether (sulfide) groups is 1. The Bertz CT molecular complexity index is 1020. The van der Waals surface area contributed by atoms with Gasteiger partial charge < -0.3 is 19.5 Å². The van der Waals surface area contributed by atoms with Gasteiger partial charge in [0.1, 0.15) is 23.9 Å². The highest BCUT2D eigenvalue weighted by Crippen LogP contribution is 2.24. The molecule has 1 amide bonds. The van der Waals surface area contributed by atoms with Gasteiger partial charge in [-0.3, -0.25) is 9.36 Å². The van der Waals surface area contributed by atoms with E-state index in [9.17, 15) is 4.79 Å². The number of amides is 1. The van der Waals surface area contributed by atoms with Crippen LogP contribution in [0.4, 0.5) is 5.69 Å². The van der Waals surface area contributed by atoms with Gasteiger partial charge in [0.15, 0.2) is 11.0 Å². The molecule has 162 valence electrons. The number of carbonyl (C=O) groups excluding carboxylic acids is 1. The number of para-hydroxylation sites is 2. The maximum Gasteiger partial charge on any atom is 0.234 e. The van der Waals surface area contributed by atoms with Gasteiger partial charge in [-0.1, -0.05) is 30.0 Å². The molecule has 3 rings (SSSR count). The van der Waals surface area contributed by atoms with E-state index < -0.39 is 0 Å². The Morgan fingerprint density at radius 2 is 1.84 bits per heavy atom. The summed E-state index contributed by atoms with van der Waals surface area (Å²) >= 11 is 1.29. The molecule has 0 atom stereocenters. The number of benzene rings is 2. The number of hydrogen-bond donors (Lipinski definition) is 1. The molecule has 0 aliphatic carbocycles. The van der Waals surface area contributed by atoms with E-state index in [2.05, 4.69) is 22.1 Å². The molecule has 0 aliphatic rings. The van der Waals surface area contributed by atoms with Gasteiger partial charge in [-0.2, -0.15) is 0 Å². The summed E-state index contributed by atoms with van der Waals surface area (Å²) in [6.45, 7) is 4.53. The first kappa shape index (κ1) is 22.2. The Morgan fingerprint density at radius 3 is 2.55 bits per heavy atom. The first-order valence-corrected chi connectivity index (χ1v) is 10.5. The Hall–Kier alpha value is -3.46. The predicted molar refractivity (Wildman–Crippen MR) is 120 cm³/mol. The SMILES string of the molecule is C=CCn1c(COc2ccc(OC)cc2)nnc1SCC(=O)Nc1ccccc1OC. The summed E-state index contributed by atoms with van der Waals surface area (Å²) in [7, 11) is 3.18. The number of aromatic nitrogens is 3. The van der Waals surface area contributed by atoms with Crippen molar-refractivity contribution < 1.29 is 19.0 Å². The van der Waals surface area contributed by atoms with Crippen molar-refractivity contribution >= 4 is 23.4 Å². The maximum atomic E-state index is 12.4. The van der Waals surface area contributed by atoms with Crippen molar-refractivity contribution in [2.75, 3.05) is 25.3 Å². The third-order valence-corrected chi connectivity index (χ3v) is 5.21. The molecular weight excluding hydrogens is 416 g/mol. The number of hydrogen-bond acceptors (Lipinski definition) is 7. The van der Waals surface area contributed by atoms with E-state index in [1.807, 2.05) is 41.0 Å². The van der Waals surface area contributed by atoms with E-state index in [-0.39, 0.29) is 18.3 Å². The fourth-order valence-electron chi connectivity index (χ4n) is 2.73. The fourth-order valence-corrected chi connectivity index (χ4v) is 3.50. The topological polar surface area (TPSA) is 87.5 Å². The lowest BCUT2D eigenvalue weighted by atomic mass is 10.3. The highest BCUT2D eigenvalue weighted by atomic mass is 32.2. The standard InChI is InChI=1S/C22H24N4O4S/c1-4-13-26-20(14-30-17-11-9-16(28-2)10-12-17)24-25-22(26)31-15-21(27)23-18-7-5-6-8-19(18)29-3/h4-12H,1,13-15H2,2-3H3,(H,23,27). The summed E-state index contributed by atoms with van der Waals surface area (Å²) in [6, 6.07) is 14.6. The molecule has 1 aromatic heterocycles. The molecule has 1 N–H and O–H groups in total. The third-order valence-electron chi connectivity index (χ3n) is 4.25. The number of methoxy groups -OCH3 is 2. The second-order valence-electron chi connectivity index (χ2n) is 6.30. The molecule has 9 heteroatoms. The molecule has 31 heavy (non-hydrogen) atoms. The Labute approximate surface area is 185 Å².